The van der Waals surface area contributed by atoms with E-state index in [0.29, 0.717) is 5.02 Å². The Labute approximate surface area is 86.6 Å². The maximum Gasteiger partial charge on any atom is 0.116 e. The van der Waals surface area contributed by atoms with Crippen LogP contribution in [0, 0.1) is 0 Å². The van der Waals surface area contributed by atoms with Gasteiger partial charge in [-0.05, 0) is 12.1 Å². The van der Waals surface area contributed by atoms with E-state index in [0.717, 1.165) is 11.3 Å². The Morgan fingerprint density at radius 1 is 1.43 bits per heavy atom. The molecule has 4 heteroatoms. The first kappa shape index (κ1) is 9.09. The molecule has 0 aliphatic rings. The van der Waals surface area contributed by atoms with E-state index in [1.807, 2.05) is 13.1 Å². The lowest BCUT2D eigenvalue weighted by Gasteiger charge is -2.03. The molecule has 72 valence electrons. The minimum atomic E-state index is 0.222. The molecule has 14 heavy (non-hydrogen) atoms. The molecule has 2 aromatic rings. The van der Waals surface area contributed by atoms with Crippen molar-refractivity contribution in [3.63, 3.8) is 0 Å². The van der Waals surface area contributed by atoms with Crippen molar-refractivity contribution >= 4 is 11.6 Å². The van der Waals surface area contributed by atoms with E-state index in [1.54, 1.807) is 29.1 Å². The molecule has 0 aliphatic heterocycles. The zero-order valence-electron chi connectivity index (χ0n) is 7.61. The van der Waals surface area contributed by atoms with E-state index >= 15 is 0 Å². The molecule has 0 spiro atoms. The van der Waals surface area contributed by atoms with Gasteiger partial charge in [0, 0.05) is 12.6 Å². The van der Waals surface area contributed by atoms with Gasteiger partial charge >= 0.3 is 0 Å². The first-order valence-corrected chi connectivity index (χ1v) is 4.53. The lowest BCUT2D eigenvalue weighted by Crippen LogP contribution is -1.93. The van der Waals surface area contributed by atoms with Gasteiger partial charge in [-0.2, -0.15) is 5.10 Å². The predicted molar refractivity (Wildman–Crippen MR) is 55.3 cm³/mol. The lowest BCUT2D eigenvalue weighted by atomic mass is 10.1. The number of aromatic hydroxyl groups is 1. The van der Waals surface area contributed by atoms with Crippen molar-refractivity contribution < 1.29 is 5.11 Å². The third kappa shape index (κ3) is 1.46. The van der Waals surface area contributed by atoms with Crippen molar-refractivity contribution in [2.24, 2.45) is 7.05 Å². The van der Waals surface area contributed by atoms with Crippen molar-refractivity contribution in [1.29, 1.82) is 0 Å². The molecular formula is C10H9ClN2O. The fourth-order valence-electron chi connectivity index (χ4n) is 1.39. The summed E-state index contributed by atoms with van der Waals surface area (Å²) in [6.07, 6.45) is 1.58. The van der Waals surface area contributed by atoms with E-state index in [-0.39, 0.29) is 5.75 Å². The number of phenolic OH excluding ortho intramolecular Hbond substituents is 1. The zero-order chi connectivity index (χ0) is 10.1. The van der Waals surface area contributed by atoms with Gasteiger partial charge in [-0.25, -0.2) is 0 Å². The molecule has 1 aromatic carbocycles. The summed E-state index contributed by atoms with van der Waals surface area (Å²) in [7, 11) is 1.81. The van der Waals surface area contributed by atoms with Crippen LogP contribution in [0.2, 0.25) is 5.02 Å². The molecule has 0 saturated heterocycles. The number of aromatic nitrogens is 2. The van der Waals surface area contributed by atoms with Crippen molar-refractivity contribution in [2.75, 3.05) is 0 Å². The van der Waals surface area contributed by atoms with Crippen LogP contribution in [0.5, 0.6) is 5.75 Å². The van der Waals surface area contributed by atoms with Gasteiger partial charge in [0.2, 0.25) is 0 Å². The number of hydrogen-bond donors (Lipinski definition) is 1. The molecule has 1 aromatic heterocycles. The van der Waals surface area contributed by atoms with Gasteiger partial charge in [0.15, 0.2) is 0 Å². The average molecular weight is 209 g/mol. The van der Waals surface area contributed by atoms with Gasteiger partial charge in [0.25, 0.3) is 0 Å². The van der Waals surface area contributed by atoms with Gasteiger partial charge in [-0.1, -0.05) is 23.7 Å². The molecule has 0 radical (unpaired) electrons. The number of rotatable bonds is 1. The monoisotopic (exact) mass is 208 g/mol. The summed E-state index contributed by atoms with van der Waals surface area (Å²) in [6.45, 7) is 0. The number of benzene rings is 1. The molecule has 0 amide bonds. The Morgan fingerprint density at radius 3 is 2.79 bits per heavy atom. The summed E-state index contributed by atoms with van der Waals surface area (Å²) in [5, 5.41) is 13.9. The Balaban J connectivity index is 2.59. The topological polar surface area (TPSA) is 38.0 Å². The Bertz CT molecular complexity index is 445. The summed E-state index contributed by atoms with van der Waals surface area (Å²) in [5.74, 6) is 0.222. The third-order valence-electron chi connectivity index (χ3n) is 2.01. The van der Waals surface area contributed by atoms with Gasteiger partial charge < -0.3 is 5.11 Å². The van der Waals surface area contributed by atoms with Crippen molar-refractivity contribution in [3.05, 3.63) is 35.5 Å². The van der Waals surface area contributed by atoms with Crippen LogP contribution >= 0.6 is 11.6 Å². The summed E-state index contributed by atoms with van der Waals surface area (Å²) in [6, 6.07) is 6.92. The Kier molecular flexibility index (Phi) is 2.17. The Morgan fingerprint density at radius 2 is 2.21 bits per heavy atom. The van der Waals surface area contributed by atoms with Gasteiger partial charge in [0.05, 0.1) is 16.9 Å². The van der Waals surface area contributed by atoms with Crippen LogP contribution in [-0.4, -0.2) is 14.9 Å². The predicted octanol–water partition coefficient (Wildman–Crippen LogP) is 2.45. The fraction of sp³-hybridized carbons (Fsp3) is 0.100. The quantitative estimate of drug-likeness (QED) is 0.782. The second-order valence-electron chi connectivity index (χ2n) is 3.02. The van der Waals surface area contributed by atoms with Crippen LogP contribution in [0.4, 0.5) is 0 Å². The normalized spacial score (nSPS) is 10.4. The summed E-state index contributed by atoms with van der Waals surface area (Å²) in [5.41, 5.74) is 1.66. The minimum Gasteiger partial charge on any atom is -0.508 e. The maximum atomic E-state index is 9.32. The van der Waals surface area contributed by atoms with Gasteiger partial charge in [-0.3, -0.25) is 4.68 Å². The molecular weight excluding hydrogens is 200 g/mol. The first-order valence-electron chi connectivity index (χ1n) is 4.15. The van der Waals surface area contributed by atoms with Gasteiger partial charge in [0.1, 0.15) is 5.75 Å². The number of aryl methyl sites for hydroxylation is 1. The summed E-state index contributed by atoms with van der Waals surface area (Å²) in [4.78, 5) is 0. The molecule has 0 atom stereocenters. The number of nitrogens with zero attached hydrogens (tertiary/aromatic N) is 2. The second-order valence-corrected chi connectivity index (χ2v) is 3.42. The maximum absolute atomic E-state index is 9.32. The van der Waals surface area contributed by atoms with E-state index in [2.05, 4.69) is 5.10 Å². The fourth-order valence-corrected chi connectivity index (χ4v) is 1.66. The second kappa shape index (κ2) is 3.35. The zero-order valence-corrected chi connectivity index (χ0v) is 8.36. The molecule has 0 saturated carbocycles. The van der Waals surface area contributed by atoms with E-state index in [1.165, 1.54) is 0 Å². The van der Waals surface area contributed by atoms with Crippen molar-refractivity contribution in [2.45, 2.75) is 0 Å². The van der Waals surface area contributed by atoms with Crippen LogP contribution in [-0.2, 0) is 7.05 Å². The van der Waals surface area contributed by atoms with Crippen LogP contribution < -0.4 is 0 Å². The highest BCUT2D eigenvalue weighted by atomic mass is 35.5. The summed E-state index contributed by atoms with van der Waals surface area (Å²) < 4.78 is 1.68. The van der Waals surface area contributed by atoms with Crippen LogP contribution in [0.3, 0.4) is 0 Å². The minimum absolute atomic E-state index is 0.222. The highest BCUT2D eigenvalue weighted by Crippen LogP contribution is 2.28. The number of phenols is 1. The molecule has 0 bridgehead atoms. The molecule has 0 fully saturated rings. The van der Waals surface area contributed by atoms with Crippen LogP contribution in [0.15, 0.2) is 30.5 Å². The SMILES string of the molecule is Cn1ncc(Cl)c1-c1cccc(O)c1. The van der Waals surface area contributed by atoms with E-state index in [9.17, 15) is 5.11 Å². The molecule has 1 N–H and O–H groups in total. The van der Waals surface area contributed by atoms with Crippen LogP contribution in [0.25, 0.3) is 11.3 Å². The highest BCUT2D eigenvalue weighted by molar-refractivity contribution is 6.33. The van der Waals surface area contributed by atoms with E-state index < -0.39 is 0 Å². The first-order chi connectivity index (χ1) is 6.68. The number of halogens is 1. The standard InChI is InChI=1S/C10H9ClN2O/c1-13-10(9(11)6-12-13)7-3-2-4-8(14)5-7/h2-6,14H,1H3. The largest absolute Gasteiger partial charge is 0.508 e. The van der Waals surface area contributed by atoms with Crippen LogP contribution in [0.1, 0.15) is 0 Å². The summed E-state index contributed by atoms with van der Waals surface area (Å²) >= 11 is 5.97. The van der Waals surface area contributed by atoms with Crippen molar-refractivity contribution in [1.82, 2.24) is 9.78 Å². The van der Waals surface area contributed by atoms with E-state index in [4.69, 9.17) is 11.6 Å². The van der Waals surface area contributed by atoms with Crippen molar-refractivity contribution in [3.8, 4) is 17.0 Å². The highest BCUT2D eigenvalue weighted by Gasteiger charge is 2.08. The molecule has 2 rings (SSSR count). The average Bonchev–Trinajstić information content (AvgIpc) is 2.46. The molecule has 0 aliphatic carbocycles. The lowest BCUT2D eigenvalue weighted by molar-refractivity contribution is 0.475. The number of hydrogen-bond acceptors (Lipinski definition) is 2. The molecule has 3 nitrogen and oxygen atoms in total. The molecule has 1 heterocycles. The third-order valence-corrected chi connectivity index (χ3v) is 2.29. The smallest absolute Gasteiger partial charge is 0.116 e. The van der Waals surface area contributed by atoms with Gasteiger partial charge in [-0.15, -0.1) is 0 Å². The Hall–Kier alpha value is -1.48. The molecule has 0 unspecified atom stereocenters.